The average molecular weight is 420 g/mol. The summed E-state index contributed by atoms with van der Waals surface area (Å²) in [5, 5.41) is 0.623. The Hall–Kier alpha value is -4.13. The van der Waals surface area contributed by atoms with Gasteiger partial charge in [-0.3, -0.25) is 0 Å². The fourth-order valence-corrected chi connectivity index (χ4v) is 3.15. The molecule has 0 saturated carbocycles. The Bertz CT molecular complexity index is 1340. The molecule has 7 heteroatoms. The maximum absolute atomic E-state index is 13.3. The van der Waals surface area contributed by atoms with Crippen LogP contribution in [0.1, 0.15) is 10.4 Å². The highest BCUT2D eigenvalue weighted by molar-refractivity contribution is 5.92. The SMILES string of the molecule is COc1ccc(-c2cc3ccc(OC(=O)c4cccc(F)c4)cc3oc2=O)c(OC)c1. The number of esters is 1. The van der Waals surface area contributed by atoms with Crippen LogP contribution in [-0.2, 0) is 0 Å². The van der Waals surface area contributed by atoms with Gasteiger partial charge in [-0.15, -0.1) is 0 Å². The molecule has 0 bridgehead atoms. The van der Waals surface area contributed by atoms with Crippen LogP contribution in [0.2, 0.25) is 0 Å². The molecule has 0 amide bonds. The number of carbonyl (C=O) groups is 1. The predicted molar refractivity (Wildman–Crippen MR) is 112 cm³/mol. The zero-order chi connectivity index (χ0) is 22.0. The van der Waals surface area contributed by atoms with E-state index in [1.165, 1.54) is 38.5 Å². The Kier molecular flexibility index (Phi) is 5.41. The number of rotatable bonds is 5. The highest BCUT2D eigenvalue weighted by atomic mass is 19.1. The number of methoxy groups -OCH3 is 2. The molecule has 0 fully saturated rings. The molecule has 1 aromatic heterocycles. The van der Waals surface area contributed by atoms with Gasteiger partial charge in [0.1, 0.15) is 28.6 Å². The number of benzene rings is 3. The van der Waals surface area contributed by atoms with Gasteiger partial charge in [0.05, 0.1) is 25.3 Å². The van der Waals surface area contributed by atoms with E-state index in [2.05, 4.69) is 0 Å². The fraction of sp³-hybridized carbons (Fsp3) is 0.0833. The van der Waals surface area contributed by atoms with Crippen molar-refractivity contribution in [3.8, 4) is 28.4 Å². The van der Waals surface area contributed by atoms with E-state index in [4.69, 9.17) is 18.6 Å². The average Bonchev–Trinajstić information content (AvgIpc) is 2.78. The molecule has 31 heavy (non-hydrogen) atoms. The van der Waals surface area contributed by atoms with E-state index in [0.29, 0.717) is 28.0 Å². The van der Waals surface area contributed by atoms with Crippen LogP contribution in [-0.4, -0.2) is 20.2 Å². The van der Waals surface area contributed by atoms with E-state index in [1.807, 2.05) is 0 Å². The summed E-state index contributed by atoms with van der Waals surface area (Å²) in [5.41, 5.74) is 0.607. The summed E-state index contributed by atoms with van der Waals surface area (Å²) >= 11 is 0. The Balaban J connectivity index is 1.69. The van der Waals surface area contributed by atoms with Crippen molar-refractivity contribution in [2.75, 3.05) is 14.2 Å². The minimum Gasteiger partial charge on any atom is -0.497 e. The van der Waals surface area contributed by atoms with E-state index in [9.17, 15) is 14.0 Å². The van der Waals surface area contributed by atoms with Gasteiger partial charge >= 0.3 is 11.6 Å². The monoisotopic (exact) mass is 420 g/mol. The summed E-state index contributed by atoms with van der Waals surface area (Å²) in [4.78, 5) is 24.9. The normalized spacial score (nSPS) is 10.7. The van der Waals surface area contributed by atoms with E-state index < -0.39 is 17.4 Å². The Labute approximate surface area is 176 Å². The lowest BCUT2D eigenvalue weighted by molar-refractivity contribution is 0.0734. The van der Waals surface area contributed by atoms with E-state index in [-0.39, 0.29) is 16.9 Å². The van der Waals surface area contributed by atoms with Crippen LogP contribution >= 0.6 is 0 Å². The van der Waals surface area contributed by atoms with Crippen LogP contribution in [0.5, 0.6) is 17.2 Å². The summed E-state index contributed by atoms with van der Waals surface area (Å²) < 4.78 is 34.6. The zero-order valence-electron chi connectivity index (χ0n) is 16.7. The fourth-order valence-electron chi connectivity index (χ4n) is 3.15. The maximum atomic E-state index is 13.3. The number of hydrogen-bond donors (Lipinski definition) is 0. The van der Waals surface area contributed by atoms with Crippen LogP contribution in [0.3, 0.4) is 0 Å². The third-order valence-electron chi connectivity index (χ3n) is 4.68. The minimum atomic E-state index is -0.721. The van der Waals surface area contributed by atoms with Gasteiger partial charge in [-0.2, -0.15) is 0 Å². The lowest BCUT2D eigenvalue weighted by Gasteiger charge is -2.10. The van der Waals surface area contributed by atoms with Gasteiger partial charge in [-0.1, -0.05) is 6.07 Å². The Morgan fingerprint density at radius 3 is 2.42 bits per heavy atom. The first-order valence-corrected chi connectivity index (χ1v) is 9.26. The topological polar surface area (TPSA) is 75.0 Å². The zero-order valence-corrected chi connectivity index (χ0v) is 16.7. The van der Waals surface area contributed by atoms with Gasteiger partial charge in [-0.25, -0.2) is 14.0 Å². The summed E-state index contributed by atoms with van der Waals surface area (Å²) in [5.74, 6) is -0.0388. The number of ether oxygens (including phenoxy) is 3. The second-order valence-corrected chi connectivity index (χ2v) is 6.61. The molecule has 0 aliphatic carbocycles. The third-order valence-corrected chi connectivity index (χ3v) is 4.68. The standard InChI is InChI=1S/C24H17FO6/c1-28-17-8-9-19(22(12-17)29-2)20-11-14-6-7-18(13-21(14)31-24(20)27)30-23(26)15-4-3-5-16(25)10-15/h3-13H,1-2H3. The first-order valence-electron chi connectivity index (χ1n) is 9.26. The largest absolute Gasteiger partial charge is 0.497 e. The van der Waals surface area contributed by atoms with Gasteiger partial charge in [0.15, 0.2) is 0 Å². The molecule has 4 aromatic rings. The molecule has 0 radical (unpaired) electrons. The van der Waals surface area contributed by atoms with Crippen molar-refractivity contribution in [1.82, 2.24) is 0 Å². The van der Waals surface area contributed by atoms with Crippen molar-refractivity contribution in [2.45, 2.75) is 0 Å². The minimum absolute atomic E-state index is 0.0727. The molecule has 0 saturated heterocycles. The van der Waals surface area contributed by atoms with Crippen molar-refractivity contribution in [1.29, 1.82) is 0 Å². The Morgan fingerprint density at radius 2 is 1.68 bits per heavy atom. The van der Waals surface area contributed by atoms with Crippen molar-refractivity contribution in [3.63, 3.8) is 0 Å². The predicted octanol–water partition coefficient (Wildman–Crippen LogP) is 4.84. The summed E-state index contributed by atoms with van der Waals surface area (Å²) in [6, 6.07) is 16.6. The van der Waals surface area contributed by atoms with Gasteiger partial charge < -0.3 is 18.6 Å². The van der Waals surface area contributed by atoms with Crippen LogP contribution < -0.4 is 19.8 Å². The van der Waals surface area contributed by atoms with Crippen LogP contribution in [0.15, 0.2) is 75.9 Å². The van der Waals surface area contributed by atoms with Crippen LogP contribution in [0, 0.1) is 5.82 Å². The van der Waals surface area contributed by atoms with Gasteiger partial charge in [0, 0.05) is 23.1 Å². The third kappa shape index (κ3) is 4.11. The lowest BCUT2D eigenvalue weighted by Crippen LogP contribution is -2.09. The molecule has 6 nitrogen and oxygen atoms in total. The van der Waals surface area contributed by atoms with Gasteiger partial charge in [-0.05, 0) is 48.5 Å². The summed E-state index contributed by atoms with van der Waals surface area (Å²) in [7, 11) is 3.04. The Morgan fingerprint density at radius 1 is 0.871 bits per heavy atom. The molecule has 0 atom stereocenters. The number of fused-ring (bicyclic) bond motifs is 1. The molecule has 0 unspecified atom stereocenters. The van der Waals surface area contributed by atoms with Gasteiger partial charge in [0.25, 0.3) is 0 Å². The molecule has 0 spiro atoms. The summed E-state index contributed by atoms with van der Waals surface area (Å²) in [6.45, 7) is 0. The van der Waals surface area contributed by atoms with Gasteiger partial charge in [0.2, 0.25) is 0 Å². The van der Waals surface area contributed by atoms with Crippen LogP contribution in [0.25, 0.3) is 22.1 Å². The lowest BCUT2D eigenvalue weighted by atomic mass is 10.0. The molecule has 0 aliphatic rings. The number of carbonyl (C=O) groups excluding carboxylic acids is 1. The van der Waals surface area contributed by atoms with E-state index >= 15 is 0 Å². The maximum Gasteiger partial charge on any atom is 0.344 e. The first kappa shape index (κ1) is 20.2. The highest BCUT2D eigenvalue weighted by Crippen LogP contribution is 2.33. The van der Waals surface area contributed by atoms with E-state index in [0.717, 1.165) is 6.07 Å². The number of halogens is 1. The first-order chi connectivity index (χ1) is 15.0. The molecule has 156 valence electrons. The van der Waals surface area contributed by atoms with Crippen molar-refractivity contribution < 1.29 is 27.8 Å². The number of hydrogen-bond acceptors (Lipinski definition) is 6. The second-order valence-electron chi connectivity index (χ2n) is 6.61. The summed E-state index contributed by atoms with van der Waals surface area (Å²) in [6.07, 6.45) is 0. The molecule has 0 N–H and O–H groups in total. The van der Waals surface area contributed by atoms with Crippen molar-refractivity contribution in [2.24, 2.45) is 0 Å². The smallest absolute Gasteiger partial charge is 0.344 e. The second kappa shape index (κ2) is 8.31. The molecule has 0 aliphatic heterocycles. The van der Waals surface area contributed by atoms with Crippen molar-refractivity contribution >= 4 is 16.9 Å². The highest BCUT2D eigenvalue weighted by Gasteiger charge is 2.15. The molecule has 1 heterocycles. The van der Waals surface area contributed by atoms with E-state index in [1.54, 1.807) is 36.4 Å². The molecular weight excluding hydrogens is 403 g/mol. The molecular formula is C24H17FO6. The molecule has 4 rings (SSSR count). The van der Waals surface area contributed by atoms with Crippen LogP contribution in [0.4, 0.5) is 4.39 Å². The van der Waals surface area contributed by atoms with Crippen molar-refractivity contribution in [3.05, 3.63) is 88.5 Å². The quantitative estimate of drug-likeness (QED) is 0.261. The molecule has 3 aromatic carbocycles.